The molecule has 144 valence electrons. The summed E-state index contributed by atoms with van der Waals surface area (Å²) in [7, 11) is 0. The van der Waals surface area contributed by atoms with E-state index in [4.69, 9.17) is 0 Å². The van der Waals surface area contributed by atoms with Crippen LogP contribution in [0.15, 0.2) is 35.9 Å². The van der Waals surface area contributed by atoms with Crippen LogP contribution in [0, 0.1) is 6.92 Å². The highest BCUT2D eigenvalue weighted by atomic mass is 14.3. The SMILES string of the molecule is CCCC1=Cc2c(ccc(C)c2-c2cc(C(C)(C)C)cc(C(C)(C)C)c2)C1. The lowest BCUT2D eigenvalue weighted by Gasteiger charge is -2.27. The van der Waals surface area contributed by atoms with Crippen LogP contribution in [0.5, 0.6) is 0 Å². The second-order valence-electron chi connectivity index (χ2n) is 10.4. The van der Waals surface area contributed by atoms with Crippen LogP contribution in [0.2, 0.25) is 0 Å². The minimum atomic E-state index is 0.144. The Morgan fingerprint density at radius 3 is 1.96 bits per heavy atom. The smallest absolute Gasteiger partial charge is 0.00576 e. The van der Waals surface area contributed by atoms with Crippen molar-refractivity contribution < 1.29 is 0 Å². The number of hydrogen-bond donors (Lipinski definition) is 0. The van der Waals surface area contributed by atoms with E-state index in [2.05, 4.69) is 91.8 Å². The van der Waals surface area contributed by atoms with Gasteiger partial charge in [-0.05, 0) is 69.5 Å². The molecule has 0 aromatic heterocycles. The summed E-state index contributed by atoms with van der Waals surface area (Å²) in [5.74, 6) is 0. The van der Waals surface area contributed by atoms with Gasteiger partial charge in [0.1, 0.15) is 0 Å². The van der Waals surface area contributed by atoms with Crippen LogP contribution >= 0.6 is 0 Å². The predicted molar refractivity (Wildman–Crippen MR) is 121 cm³/mol. The summed E-state index contributed by atoms with van der Waals surface area (Å²) in [6, 6.07) is 11.9. The van der Waals surface area contributed by atoms with Crippen LogP contribution < -0.4 is 0 Å². The molecule has 0 heterocycles. The molecule has 0 atom stereocenters. The number of fused-ring (bicyclic) bond motifs is 1. The van der Waals surface area contributed by atoms with Crippen molar-refractivity contribution in [1.82, 2.24) is 0 Å². The molecule has 1 aliphatic rings. The average Bonchev–Trinajstić information content (AvgIpc) is 2.95. The quantitative estimate of drug-likeness (QED) is 0.520. The third kappa shape index (κ3) is 4.05. The van der Waals surface area contributed by atoms with Crippen LogP contribution in [-0.2, 0) is 17.3 Å². The third-order valence-corrected chi connectivity index (χ3v) is 5.83. The highest BCUT2D eigenvalue weighted by molar-refractivity contribution is 5.83. The first-order valence-electron chi connectivity index (χ1n) is 10.5. The molecule has 2 aromatic carbocycles. The van der Waals surface area contributed by atoms with E-state index >= 15 is 0 Å². The van der Waals surface area contributed by atoms with Crippen molar-refractivity contribution in [3.05, 3.63) is 63.7 Å². The Morgan fingerprint density at radius 2 is 1.44 bits per heavy atom. The van der Waals surface area contributed by atoms with Crippen LogP contribution in [0.3, 0.4) is 0 Å². The Balaban J connectivity index is 2.25. The Hall–Kier alpha value is -1.82. The lowest BCUT2D eigenvalue weighted by molar-refractivity contribution is 0.569. The lowest BCUT2D eigenvalue weighted by Crippen LogP contribution is -2.16. The van der Waals surface area contributed by atoms with E-state index in [0.29, 0.717) is 0 Å². The molecule has 0 spiro atoms. The van der Waals surface area contributed by atoms with Gasteiger partial charge in [0.05, 0.1) is 0 Å². The molecule has 0 radical (unpaired) electrons. The van der Waals surface area contributed by atoms with Gasteiger partial charge in [0, 0.05) is 0 Å². The van der Waals surface area contributed by atoms with Crippen LogP contribution in [0.25, 0.3) is 17.2 Å². The standard InChI is InChI=1S/C27H36/c1-9-10-19-13-20-12-11-18(2)25(24(20)14-19)21-15-22(26(3,4)5)17-23(16-21)27(6,7)8/h11-12,14-17H,9-10,13H2,1-8H3. The monoisotopic (exact) mass is 360 g/mol. The molecule has 0 unspecified atom stereocenters. The van der Waals surface area contributed by atoms with Gasteiger partial charge in [-0.15, -0.1) is 0 Å². The van der Waals surface area contributed by atoms with Crippen LogP contribution in [-0.4, -0.2) is 0 Å². The van der Waals surface area contributed by atoms with Crippen molar-refractivity contribution in [3.63, 3.8) is 0 Å². The Morgan fingerprint density at radius 1 is 0.852 bits per heavy atom. The van der Waals surface area contributed by atoms with Crippen molar-refractivity contribution in [1.29, 1.82) is 0 Å². The van der Waals surface area contributed by atoms with Crippen molar-refractivity contribution in [3.8, 4) is 11.1 Å². The van der Waals surface area contributed by atoms with Gasteiger partial charge in [-0.2, -0.15) is 0 Å². The number of rotatable bonds is 3. The van der Waals surface area contributed by atoms with Crippen LogP contribution in [0.1, 0.15) is 89.1 Å². The number of hydrogen-bond acceptors (Lipinski definition) is 0. The van der Waals surface area contributed by atoms with Crippen molar-refractivity contribution in [2.24, 2.45) is 0 Å². The van der Waals surface area contributed by atoms with Gasteiger partial charge in [0.25, 0.3) is 0 Å². The normalized spacial score (nSPS) is 14.3. The average molecular weight is 361 g/mol. The number of benzene rings is 2. The van der Waals surface area contributed by atoms with Crippen LogP contribution in [0.4, 0.5) is 0 Å². The highest BCUT2D eigenvalue weighted by Gasteiger charge is 2.23. The molecule has 27 heavy (non-hydrogen) atoms. The minimum Gasteiger partial charge on any atom is -0.0652 e. The fraction of sp³-hybridized carbons (Fsp3) is 0.481. The molecule has 0 saturated heterocycles. The molecule has 0 heteroatoms. The van der Waals surface area contributed by atoms with E-state index in [1.807, 2.05) is 0 Å². The van der Waals surface area contributed by atoms with Crippen molar-refractivity contribution in [2.45, 2.75) is 85.5 Å². The largest absolute Gasteiger partial charge is 0.0652 e. The number of aryl methyl sites for hydroxylation is 1. The molecule has 0 bridgehead atoms. The van der Waals surface area contributed by atoms with E-state index in [1.54, 1.807) is 5.57 Å². The molecule has 0 nitrogen and oxygen atoms in total. The first-order chi connectivity index (χ1) is 12.5. The summed E-state index contributed by atoms with van der Waals surface area (Å²) in [5, 5.41) is 0. The summed E-state index contributed by atoms with van der Waals surface area (Å²) >= 11 is 0. The zero-order valence-corrected chi connectivity index (χ0v) is 18.6. The lowest BCUT2D eigenvalue weighted by atomic mass is 9.78. The molecule has 0 fully saturated rings. The van der Waals surface area contributed by atoms with E-state index in [-0.39, 0.29) is 10.8 Å². The molecule has 1 aliphatic carbocycles. The van der Waals surface area contributed by atoms with Crippen molar-refractivity contribution in [2.75, 3.05) is 0 Å². The zero-order valence-electron chi connectivity index (χ0n) is 18.6. The first-order valence-corrected chi connectivity index (χ1v) is 10.5. The second kappa shape index (κ2) is 6.97. The van der Waals surface area contributed by atoms with Gasteiger partial charge in [0.2, 0.25) is 0 Å². The van der Waals surface area contributed by atoms with Gasteiger partial charge in [-0.25, -0.2) is 0 Å². The maximum Gasteiger partial charge on any atom is -0.00576 e. The topological polar surface area (TPSA) is 0 Å². The Kier molecular flexibility index (Phi) is 5.14. The van der Waals surface area contributed by atoms with Gasteiger partial charge in [-0.3, -0.25) is 0 Å². The van der Waals surface area contributed by atoms with Gasteiger partial charge < -0.3 is 0 Å². The van der Waals surface area contributed by atoms with E-state index in [0.717, 1.165) is 6.42 Å². The van der Waals surface area contributed by atoms with Crippen molar-refractivity contribution >= 4 is 6.08 Å². The van der Waals surface area contributed by atoms with Gasteiger partial charge >= 0.3 is 0 Å². The molecule has 0 amide bonds. The number of allylic oxidation sites excluding steroid dienone is 1. The summed E-state index contributed by atoms with van der Waals surface area (Å²) in [5.41, 5.74) is 11.9. The maximum absolute atomic E-state index is 2.47. The molecule has 0 saturated carbocycles. The molecule has 0 aliphatic heterocycles. The summed E-state index contributed by atoms with van der Waals surface area (Å²) < 4.78 is 0. The third-order valence-electron chi connectivity index (χ3n) is 5.83. The summed E-state index contributed by atoms with van der Waals surface area (Å²) in [4.78, 5) is 0. The second-order valence-corrected chi connectivity index (χ2v) is 10.4. The van der Waals surface area contributed by atoms with E-state index in [9.17, 15) is 0 Å². The summed E-state index contributed by atoms with van der Waals surface area (Å²) in [6.45, 7) is 18.5. The fourth-order valence-electron chi connectivity index (χ4n) is 4.09. The fourth-order valence-corrected chi connectivity index (χ4v) is 4.09. The Bertz CT molecular complexity index is 847. The van der Waals surface area contributed by atoms with E-state index < -0.39 is 0 Å². The molecule has 2 aromatic rings. The molecular formula is C27H36. The minimum absolute atomic E-state index is 0.144. The van der Waals surface area contributed by atoms with Gasteiger partial charge in [0.15, 0.2) is 0 Å². The summed E-state index contributed by atoms with van der Waals surface area (Å²) in [6.07, 6.45) is 6.04. The highest BCUT2D eigenvalue weighted by Crippen LogP contribution is 2.40. The molecular weight excluding hydrogens is 324 g/mol. The predicted octanol–water partition coefficient (Wildman–Crippen LogP) is 8.00. The maximum atomic E-state index is 2.47. The van der Waals surface area contributed by atoms with Gasteiger partial charge in [-0.1, -0.05) is 96.9 Å². The molecule has 3 rings (SSSR count). The van der Waals surface area contributed by atoms with E-state index in [1.165, 1.54) is 51.8 Å². The first kappa shape index (κ1) is 19.9. The zero-order chi connectivity index (χ0) is 20.0. The Labute approximate surface area is 166 Å². The molecule has 0 N–H and O–H groups in total.